The summed E-state index contributed by atoms with van der Waals surface area (Å²) in [5.41, 5.74) is 6.96. The molecule has 13 heteroatoms. The fourth-order valence-electron chi connectivity index (χ4n) is 3.62. The molecule has 0 spiro atoms. The van der Waals surface area contributed by atoms with Crippen LogP contribution in [0.4, 0.5) is 0 Å². The lowest BCUT2D eigenvalue weighted by Crippen LogP contribution is -2.53. The second kappa shape index (κ2) is 7.93. The molecule has 1 amide bonds. The fraction of sp³-hybridized carbons (Fsp3) is 0.412. The first-order valence-electron chi connectivity index (χ1n) is 9.43. The molecule has 0 unspecified atom stereocenters. The lowest BCUT2D eigenvalue weighted by molar-refractivity contribution is -0.122. The van der Waals surface area contributed by atoms with Crippen molar-refractivity contribution in [1.82, 2.24) is 25.2 Å². The van der Waals surface area contributed by atoms with E-state index in [2.05, 4.69) is 15.6 Å². The number of carbonyl (C=O) groups excluding carboxylic acids is 1. The van der Waals surface area contributed by atoms with Crippen molar-refractivity contribution in [1.29, 1.82) is 5.41 Å². The van der Waals surface area contributed by atoms with Gasteiger partial charge in [-0.05, 0) is 12.0 Å². The molecule has 158 valence electrons. The molecule has 0 saturated carbocycles. The van der Waals surface area contributed by atoms with Gasteiger partial charge in [0.15, 0.2) is 12.2 Å². The Bertz CT molecular complexity index is 962. The number of carbonyl (C=O) groups is 1. The van der Waals surface area contributed by atoms with Crippen LogP contribution in [0.15, 0.2) is 24.4 Å². The summed E-state index contributed by atoms with van der Waals surface area (Å²) in [6.07, 6.45) is 0.228. The Morgan fingerprint density at radius 3 is 2.90 bits per heavy atom. The number of nitrogens with zero attached hydrogens (tertiary/aromatic N) is 4. The number of para-hydroxylation sites is 1. The first-order chi connectivity index (χ1) is 14.3. The van der Waals surface area contributed by atoms with E-state index in [1.807, 2.05) is 0 Å². The van der Waals surface area contributed by atoms with Gasteiger partial charge in [-0.1, -0.05) is 23.4 Å². The maximum Gasteiger partial charge on any atom is 0.547 e. The number of aliphatic hydroxyl groups is 2. The predicted octanol–water partition coefficient (Wildman–Crippen LogP) is -2.31. The van der Waals surface area contributed by atoms with Crippen LogP contribution >= 0.6 is 0 Å². The Hall–Kier alpha value is -3.16. The average molecular weight is 415 g/mol. The second-order valence-electron chi connectivity index (χ2n) is 7.42. The number of aliphatic hydroxyl groups excluding tert-OH is 1. The number of nitrogens with one attached hydrogen (secondary N) is 2. The zero-order valence-electron chi connectivity index (χ0n) is 16.0. The smallest absolute Gasteiger partial charge is 0.534 e. The minimum Gasteiger partial charge on any atom is -0.534 e. The van der Waals surface area contributed by atoms with Crippen LogP contribution in [0.2, 0.25) is 0 Å². The van der Waals surface area contributed by atoms with Gasteiger partial charge in [-0.2, -0.15) is 0 Å². The van der Waals surface area contributed by atoms with E-state index in [0.717, 1.165) is 5.69 Å². The Morgan fingerprint density at radius 2 is 2.20 bits per heavy atom. The number of benzene rings is 1. The van der Waals surface area contributed by atoms with E-state index in [1.54, 1.807) is 23.2 Å². The summed E-state index contributed by atoms with van der Waals surface area (Å²) in [7, 11) is -1.33. The Balaban J connectivity index is 1.35. The first-order valence-corrected chi connectivity index (χ1v) is 9.43. The van der Waals surface area contributed by atoms with E-state index in [0.29, 0.717) is 18.7 Å². The summed E-state index contributed by atoms with van der Waals surface area (Å²) in [6, 6.07) is 4.88. The first kappa shape index (κ1) is 20.1. The van der Waals surface area contributed by atoms with E-state index in [4.69, 9.17) is 15.8 Å². The highest BCUT2D eigenvalue weighted by atomic mass is 16.5. The third kappa shape index (κ3) is 3.94. The van der Waals surface area contributed by atoms with Crippen LogP contribution in [-0.2, 0) is 17.8 Å². The van der Waals surface area contributed by atoms with E-state index in [-0.39, 0.29) is 42.1 Å². The summed E-state index contributed by atoms with van der Waals surface area (Å²) in [5.74, 6) is -0.721. The molecule has 4 rings (SSSR count). The number of aromatic nitrogens is 3. The van der Waals surface area contributed by atoms with Crippen molar-refractivity contribution in [2.24, 2.45) is 5.73 Å². The highest BCUT2D eigenvalue weighted by molar-refractivity contribution is 6.46. The van der Waals surface area contributed by atoms with Gasteiger partial charge in [-0.3, -0.25) is 10.2 Å². The molecule has 2 aromatic rings. The number of hydrogen-bond donors (Lipinski definition) is 6. The molecule has 12 nitrogen and oxygen atoms in total. The maximum atomic E-state index is 12.4. The second-order valence-corrected chi connectivity index (χ2v) is 7.42. The highest BCUT2D eigenvalue weighted by Gasteiger charge is 2.37. The van der Waals surface area contributed by atoms with Crippen LogP contribution < -0.4 is 15.7 Å². The van der Waals surface area contributed by atoms with Gasteiger partial charge in [0, 0.05) is 30.8 Å². The number of likely N-dealkylation sites (tertiary alicyclic amines) is 1. The van der Waals surface area contributed by atoms with Crippen LogP contribution in [-0.4, -0.2) is 73.1 Å². The number of nitrogens with two attached hydrogens (primary N) is 1. The molecule has 30 heavy (non-hydrogen) atoms. The molecule has 1 fully saturated rings. The summed E-state index contributed by atoms with van der Waals surface area (Å²) in [6.45, 7) is 1.10. The number of amides is 1. The van der Waals surface area contributed by atoms with Crippen LogP contribution in [0.25, 0.3) is 0 Å². The SMILES string of the molecule is N=C(N)N1CC(c2cn(CC(=O)N[C@H]3Cc4cccc(C(O)O)c4OB3O)nn2)C1. The van der Waals surface area contributed by atoms with E-state index in [1.165, 1.54) is 10.7 Å². The third-order valence-electron chi connectivity index (χ3n) is 5.28. The molecule has 0 aliphatic carbocycles. The number of fused-ring (bicyclic) bond motifs is 1. The molecule has 1 aromatic heterocycles. The summed E-state index contributed by atoms with van der Waals surface area (Å²) >= 11 is 0. The largest absolute Gasteiger partial charge is 0.547 e. The van der Waals surface area contributed by atoms with Gasteiger partial charge < -0.3 is 35.8 Å². The maximum absolute atomic E-state index is 12.4. The number of rotatable bonds is 5. The monoisotopic (exact) mass is 415 g/mol. The highest BCUT2D eigenvalue weighted by Crippen LogP contribution is 2.33. The standard InChI is InChI=1S/C17H22BN7O5/c19-17(20)24-5-10(6-24)12-7-25(23-22-12)8-14(26)21-13-4-9-2-1-3-11(16(27)28)15(9)30-18(13)29/h1-3,7,10,13,16,27-29H,4-6,8H2,(H3,19,20)(H,21,26)/t13-/m0/s1. The van der Waals surface area contributed by atoms with Gasteiger partial charge in [0.05, 0.1) is 11.6 Å². The zero-order valence-corrected chi connectivity index (χ0v) is 16.0. The summed E-state index contributed by atoms with van der Waals surface area (Å²) in [5, 5.41) is 47.3. The molecule has 7 N–H and O–H groups in total. The van der Waals surface area contributed by atoms with Gasteiger partial charge in [0.2, 0.25) is 5.91 Å². The molecular formula is C17H22BN7O5. The lowest BCUT2D eigenvalue weighted by Gasteiger charge is -2.38. The van der Waals surface area contributed by atoms with Gasteiger partial charge in [0.1, 0.15) is 12.3 Å². The van der Waals surface area contributed by atoms with Gasteiger partial charge in [-0.25, -0.2) is 4.68 Å². The van der Waals surface area contributed by atoms with Crippen LogP contribution in [0.5, 0.6) is 5.75 Å². The minimum atomic E-state index is -1.72. The van der Waals surface area contributed by atoms with Crippen molar-refractivity contribution in [2.45, 2.75) is 31.1 Å². The molecule has 1 saturated heterocycles. The molecule has 0 radical (unpaired) electrons. The Labute approximate surface area is 171 Å². The van der Waals surface area contributed by atoms with Crippen molar-refractivity contribution in [3.63, 3.8) is 0 Å². The van der Waals surface area contributed by atoms with Crippen LogP contribution in [0.3, 0.4) is 0 Å². The van der Waals surface area contributed by atoms with Gasteiger partial charge in [0.25, 0.3) is 0 Å². The summed E-state index contributed by atoms with van der Waals surface area (Å²) in [4.78, 5) is 14.1. The van der Waals surface area contributed by atoms with Gasteiger partial charge >= 0.3 is 7.12 Å². The Kier molecular flexibility index (Phi) is 5.32. The third-order valence-corrected chi connectivity index (χ3v) is 5.28. The lowest BCUT2D eigenvalue weighted by atomic mass is 9.72. The molecule has 2 aliphatic rings. The molecule has 0 bridgehead atoms. The van der Waals surface area contributed by atoms with Crippen molar-refractivity contribution in [3.05, 3.63) is 41.2 Å². The fourth-order valence-corrected chi connectivity index (χ4v) is 3.62. The average Bonchev–Trinajstić information content (AvgIpc) is 3.07. The number of hydrogen-bond acceptors (Lipinski definition) is 8. The van der Waals surface area contributed by atoms with Crippen molar-refractivity contribution < 1.29 is 24.7 Å². The topological polar surface area (TPSA) is 183 Å². The zero-order chi connectivity index (χ0) is 21.4. The van der Waals surface area contributed by atoms with Crippen molar-refractivity contribution in [2.75, 3.05) is 13.1 Å². The molecule has 3 heterocycles. The number of guanidine groups is 1. The Morgan fingerprint density at radius 1 is 1.43 bits per heavy atom. The van der Waals surface area contributed by atoms with Crippen molar-refractivity contribution in [3.8, 4) is 5.75 Å². The quantitative estimate of drug-likeness (QED) is 0.135. The molecular weight excluding hydrogens is 393 g/mol. The predicted molar refractivity (Wildman–Crippen MR) is 104 cm³/mol. The molecule has 2 aliphatic heterocycles. The van der Waals surface area contributed by atoms with E-state index in [9.17, 15) is 20.0 Å². The van der Waals surface area contributed by atoms with E-state index < -0.39 is 19.3 Å². The molecule has 1 atom stereocenters. The van der Waals surface area contributed by atoms with Crippen LogP contribution in [0, 0.1) is 5.41 Å². The minimum absolute atomic E-state index is 0.0217. The van der Waals surface area contributed by atoms with Crippen molar-refractivity contribution >= 4 is 19.0 Å². The molecule has 1 aromatic carbocycles. The summed E-state index contributed by atoms with van der Waals surface area (Å²) < 4.78 is 6.84. The van der Waals surface area contributed by atoms with Gasteiger partial charge in [-0.15, -0.1) is 5.10 Å². The normalized spacial score (nSPS) is 18.6. The van der Waals surface area contributed by atoms with Crippen LogP contribution in [0.1, 0.15) is 29.0 Å². The van der Waals surface area contributed by atoms with E-state index >= 15 is 0 Å².